The van der Waals surface area contributed by atoms with Crippen molar-refractivity contribution in [3.8, 4) is 33.6 Å². The Kier molecular flexibility index (Phi) is 6.48. The van der Waals surface area contributed by atoms with Crippen molar-refractivity contribution >= 4 is 33.5 Å². The Balaban J connectivity index is 1.19. The van der Waals surface area contributed by atoms with E-state index in [-0.39, 0.29) is 11.7 Å². The molecule has 4 N–H and O–H groups in total. The fourth-order valence-corrected chi connectivity index (χ4v) is 5.68. The predicted molar refractivity (Wildman–Crippen MR) is 159 cm³/mol. The smallest absolute Gasteiger partial charge is 0.224 e. The van der Waals surface area contributed by atoms with Crippen LogP contribution in [0.1, 0.15) is 19.3 Å². The summed E-state index contributed by atoms with van der Waals surface area (Å²) in [7, 11) is 0. The Morgan fingerprint density at radius 1 is 0.927 bits per heavy atom. The van der Waals surface area contributed by atoms with Gasteiger partial charge in [0.1, 0.15) is 11.5 Å². The monoisotopic (exact) mass is 545 g/mol. The van der Waals surface area contributed by atoms with Gasteiger partial charge in [-0.25, -0.2) is 9.37 Å². The van der Waals surface area contributed by atoms with E-state index in [1.807, 2.05) is 42.5 Å². The zero-order valence-electron chi connectivity index (χ0n) is 22.2. The van der Waals surface area contributed by atoms with Crippen molar-refractivity contribution in [3.63, 3.8) is 0 Å². The van der Waals surface area contributed by atoms with Gasteiger partial charge in [0.25, 0.3) is 0 Å². The van der Waals surface area contributed by atoms with E-state index in [1.165, 1.54) is 6.07 Å². The molecule has 4 aromatic heterocycles. The van der Waals surface area contributed by atoms with Gasteiger partial charge in [-0.3, -0.25) is 14.9 Å². The summed E-state index contributed by atoms with van der Waals surface area (Å²) in [5.41, 5.74) is 7.26. The van der Waals surface area contributed by atoms with Gasteiger partial charge in [0.05, 0.1) is 17.6 Å². The quantitative estimate of drug-likeness (QED) is 0.196. The van der Waals surface area contributed by atoms with Crippen LogP contribution in [0, 0.1) is 11.7 Å². The second-order valence-corrected chi connectivity index (χ2v) is 10.6. The number of nitrogens with one attached hydrogen (secondary N) is 4. The van der Waals surface area contributed by atoms with E-state index < -0.39 is 0 Å². The molecule has 7 rings (SSSR count). The minimum atomic E-state index is -0.271. The molecule has 8 nitrogen and oxygen atoms in total. The van der Waals surface area contributed by atoms with Crippen molar-refractivity contribution in [1.82, 2.24) is 30.5 Å². The van der Waals surface area contributed by atoms with E-state index in [4.69, 9.17) is 0 Å². The first-order valence-electron chi connectivity index (χ1n) is 13.8. The van der Waals surface area contributed by atoms with Crippen LogP contribution in [0.5, 0.6) is 0 Å². The number of rotatable bonds is 6. The van der Waals surface area contributed by atoms with Gasteiger partial charge in [0.2, 0.25) is 5.91 Å². The molecule has 0 saturated carbocycles. The maximum Gasteiger partial charge on any atom is 0.224 e. The first-order valence-corrected chi connectivity index (χ1v) is 13.8. The second-order valence-electron chi connectivity index (χ2n) is 10.6. The molecule has 1 amide bonds. The number of nitrogens with zero attached hydrogens (tertiary/aromatic N) is 3. The fraction of sp³-hybridized carbons (Fsp3) is 0.188. The van der Waals surface area contributed by atoms with Crippen molar-refractivity contribution in [2.24, 2.45) is 5.92 Å². The number of piperidine rings is 1. The number of carbonyl (C=O) groups excluding carboxylic acids is 1. The van der Waals surface area contributed by atoms with Crippen LogP contribution in [-0.4, -0.2) is 44.1 Å². The lowest BCUT2D eigenvalue weighted by atomic mass is 9.94. The third kappa shape index (κ3) is 5.07. The highest BCUT2D eigenvalue weighted by Crippen LogP contribution is 2.35. The molecular formula is C32H28FN7O. The number of fused-ring (bicyclic) bond motifs is 2. The van der Waals surface area contributed by atoms with Gasteiger partial charge in [0, 0.05) is 46.2 Å². The van der Waals surface area contributed by atoms with Crippen LogP contribution < -0.4 is 10.6 Å². The molecule has 0 radical (unpaired) electrons. The third-order valence-electron chi connectivity index (χ3n) is 7.76. The lowest BCUT2D eigenvalue weighted by molar-refractivity contribution is -0.117. The van der Waals surface area contributed by atoms with Crippen LogP contribution in [0.4, 0.5) is 10.1 Å². The number of benzene rings is 2. The van der Waals surface area contributed by atoms with Gasteiger partial charge < -0.3 is 15.6 Å². The Morgan fingerprint density at radius 2 is 1.78 bits per heavy atom. The van der Waals surface area contributed by atoms with Crippen LogP contribution in [0.2, 0.25) is 0 Å². The van der Waals surface area contributed by atoms with Crippen LogP contribution in [0.3, 0.4) is 0 Å². The SMILES string of the molecule is O=C(CC1CCNCC1)Nc1cncc(-c2cnc3[nH]nc(-c4cc5c(-c6cccc(F)c6)cccc5[nH]4)c3c2)c1. The Bertz CT molecular complexity index is 1890. The number of aromatic nitrogens is 5. The zero-order chi connectivity index (χ0) is 27.8. The summed E-state index contributed by atoms with van der Waals surface area (Å²) in [5, 5.41) is 15.8. The second kappa shape index (κ2) is 10.6. The molecule has 1 saturated heterocycles. The number of H-pyrrole nitrogens is 2. The van der Waals surface area contributed by atoms with Gasteiger partial charge >= 0.3 is 0 Å². The number of pyridine rings is 2. The summed E-state index contributed by atoms with van der Waals surface area (Å²) >= 11 is 0. The molecule has 5 heterocycles. The maximum absolute atomic E-state index is 14.0. The third-order valence-corrected chi connectivity index (χ3v) is 7.76. The standard InChI is InChI=1S/C32H28FN7O/c33-23-4-1-3-20(12-23)25-5-2-6-28-26(25)15-29(38-28)31-27-14-22(17-36-32(27)40-39-31)21-13-24(18-35-16-21)37-30(41)11-19-7-9-34-10-8-19/h1-6,12-19,34,38H,7-11H2,(H,37,41)(H,36,39,40). The van der Waals surface area contributed by atoms with Crippen molar-refractivity contribution in [1.29, 1.82) is 0 Å². The number of hydrogen-bond acceptors (Lipinski definition) is 5. The highest BCUT2D eigenvalue weighted by molar-refractivity contribution is 6.01. The van der Waals surface area contributed by atoms with Crippen molar-refractivity contribution < 1.29 is 9.18 Å². The molecule has 9 heteroatoms. The Hall–Kier alpha value is -4.89. The van der Waals surface area contributed by atoms with Gasteiger partial charge in [-0.15, -0.1) is 0 Å². The molecule has 204 valence electrons. The molecule has 0 atom stereocenters. The van der Waals surface area contributed by atoms with E-state index in [0.717, 1.165) is 75.9 Å². The van der Waals surface area contributed by atoms with Crippen LogP contribution in [0.15, 0.2) is 79.3 Å². The molecule has 41 heavy (non-hydrogen) atoms. The van der Waals surface area contributed by atoms with Gasteiger partial charge in [-0.05, 0) is 79.4 Å². The van der Waals surface area contributed by atoms with Crippen molar-refractivity contribution in [2.45, 2.75) is 19.3 Å². The molecule has 1 aliphatic heterocycles. The Morgan fingerprint density at radius 3 is 2.66 bits per heavy atom. The van der Waals surface area contributed by atoms with Crippen LogP contribution >= 0.6 is 0 Å². The number of amides is 1. The summed E-state index contributed by atoms with van der Waals surface area (Å²) in [4.78, 5) is 25.1. The number of halogens is 1. The highest BCUT2D eigenvalue weighted by atomic mass is 19.1. The molecule has 2 aromatic carbocycles. The topological polar surface area (TPSA) is 111 Å². The summed E-state index contributed by atoms with van der Waals surface area (Å²) < 4.78 is 14.0. The van der Waals surface area contributed by atoms with Crippen molar-refractivity contribution in [2.75, 3.05) is 18.4 Å². The lowest BCUT2D eigenvalue weighted by Gasteiger charge is -2.21. The summed E-state index contributed by atoms with van der Waals surface area (Å²) in [6, 6.07) is 18.5. The fourth-order valence-electron chi connectivity index (χ4n) is 5.68. The predicted octanol–water partition coefficient (Wildman–Crippen LogP) is 6.30. The van der Waals surface area contributed by atoms with E-state index >= 15 is 0 Å². The zero-order valence-corrected chi connectivity index (χ0v) is 22.2. The first-order chi connectivity index (χ1) is 20.1. The Labute approximate surface area is 235 Å². The van der Waals surface area contributed by atoms with E-state index in [0.29, 0.717) is 23.7 Å². The maximum atomic E-state index is 14.0. The number of anilines is 1. The normalized spacial score (nSPS) is 14.1. The largest absolute Gasteiger partial charge is 0.353 e. The summed E-state index contributed by atoms with van der Waals surface area (Å²) in [6.45, 7) is 1.93. The highest BCUT2D eigenvalue weighted by Gasteiger charge is 2.18. The molecule has 1 fully saturated rings. The molecular weight excluding hydrogens is 517 g/mol. The molecule has 6 aromatic rings. The molecule has 0 aliphatic carbocycles. The average Bonchev–Trinajstić information content (AvgIpc) is 3.61. The van der Waals surface area contributed by atoms with Gasteiger partial charge in [0.15, 0.2) is 5.65 Å². The summed E-state index contributed by atoms with van der Waals surface area (Å²) in [5.74, 6) is 0.151. The van der Waals surface area contributed by atoms with E-state index in [1.54, 1.807) is 30.7 Å². The number of carbonyl (C=O) groups is 1. The van der Waals surface area contributed by atoms with E-state index in [2.05, 4.69) is 35.8 Å². The molecule has 0 bridgehead atoms. The molecule has 0 unspecified atom stereocenters. The van der Waals surface area contributed by atoms with Crippen LogP contribution in [0.25, 0.3) is 55.6 Å². The lowest BCUT2D eigenvalue weighted by Crippen LogP contribution is -2.30. The minimum Gasteiger partial charge on any atom is -0.353 e. The molecule has 0 spiro atoms. The average molecular weight is 546 g/mol. The van der Waals surface area contributed by atoms with E-state index in [9.17, 15) is 9.18 Å². The van der Waals surface area contributed by atoms with Crippen molar-refractivity contribution in [3.05, 3.63) is 85.1 Å². The van der Waals surface area contributed by atoms with Gasteiger partial charge in [-0.2, -0.15) is 5.10 Å². The first kappa shape index (κ1) is 25.1. The summed E-state index contributed by atoms with van der Waals surface area (Å²) in [6.07, 6.45) is 7.76. The molecule has 1 aliphatic rings. The van der Waals surface area contributed by atoms with Gasteiger partial charge in [-0.1, -0.05) is 24.3 Å². The minimum absolute atomic E-state index is 0.0120. The van der Waals surface area contributed by atoms with Crippen LogP contribution in [-0.2, 0) is 4.79 Å². The number of aromatic amines is 2. The number of hydrogen-bond donors (Lipinski definition) is 4.